The lowest BCUT2D eigenvalue weighted by Crippen LogP contribution is -2.13. The highest BCUT2D eigenvalue weighted by Crippen LogP contribution is 2.33. The molecule has 2 heterocycles. The van der Waals surface area contributed by atoms with Crippen LogP contribution in [-0.4, -0.2) is 36.2 Å². The second-order valence-electron chi connectivity index (χ2n) is 7.10. The molecule has 2 aromatic heterocycles. The molecule has 0 bridgehead atoms. The maximum atomic E-state index is 5.46. The molecule has 0 saturated heterocycles. The Hall–Kier alpha value is -2.69. The normalized spacial score (nSPS) is 11.2. The van der Waals surface area contributed by atoms with Crippen LogP contribution in [0.3, 0.4) is 0 Å². The highest BCUT2D eigenvalue weighted by atomic mass is 16.5. The second-order valence-corrected chi connectivity index (χ2v) is 7.10. The molecule has 1 aromatic carbocycles. The van der Waals surface area contributed by atoms with Gasteiger partial charge in [-0.1, -0.05) is 19.9 Å². The smallest absolute Gasteiger partial charge is 0.144 e. The summed E-state index contributed by atoms with van der Waals surface area (Å²) in [7, 11) is 5.71. The van der Waals surface area contributed by atoms with Gasteiger partial charge in [0.2, 0.25) is 0 Å². The molecule has 0 atom stereocenters. The number of rotatable bonds is 6. The Bertz CT molecular complexity index is 906. The van der Waals surface area contributed by atoms with Crippen LogP contribution in [0.4, 0.5) is 5.82 Å². The number of aromatic nitrogens is 3. The zero-order valence-corrected chi connectivity index (χ0v) is 16.2. The Kier molecular flexibility index (Phi) is 5.35. The summed E-state index contributed by atoms with van der Waals surface area (Å²) in [5.41, 5.74) is 3.05. The fraction of sp³-hybridized carbons (Fsp3) is 0.381. The molecular weight excluding hydrogens is 324 g/mol. The van der Waals surface area contributed by atoms with Gasteiger partial charge in [0, 0.05) is 37.7 Å². The molecule has 0 aliphatic heterocycles. The number of anilines is 1. The minimum absolute atomic E-state index is 0.638. The average molecular weight is 350 g/mol. The molecule has 3 aromatic rings. The number of hydrogen-bond acceptors (Lipinski definition) is 5. The molecule has 0 fully saturated rings. The minimum atomic E-state index is 0.638. The molecule has 0 N–H and O–H groups in total. The first-order chi connectivity index (χ1) is 12.5. The zero-order valence-electron chi connectivity index (χ0n) is 16.2. The first kappa shape index (κ1) is 18.1. The first-order valence-corrected chi connectivity index (χ1v) is 8.96. The van der Waals surface area contributed by atoms with E-state index in [1.165, 1.54) is 0 Å². The van der Waals surface area contributed by atoms with E-state index in [0.717, 1.165) is 52.3 Å². The average Bonchev–Trinajstić information content (AvgIpc) is 2.65. The summed E-state index contributed by atoms with van der Waals surface area (Å²) in [6.07, 6.45) is 5.50. The molecule has 3 rings (SSSR count). The lowest BCUT2D eigenvalue weighted by Gasteiger charge is -2.17. The lowest BCUT2D eigenvalue weighted by atomic mass is 10.0. The molecule has 5 heteroatoms. The summed E-state index contributed by atoms with van der Waals surface area (Å²) in [6.45, 7) is 4.45. The quantitative estimate of drug-likeness (QED) is 0.661. The van der Waals surface area contributed by atoms with E-state index < -0.39 is 0 Å². The maximum absolute atomic E-state index is 5.46. The van der Waals surface area contributed by atoms with Gasteiger partial charge in [-0.2, -0.15) is 0 Å². The van der Waals surface area contributed by atoms with Crippen LogP contribution in [0.15, 0.2) is 36.7 Å². The van der Waals surface area contributed by atoms with Gasteiger partial charge in [-0.15, -0.1) is 0 Å². The van der Waals surface area contributed by atoms with Crippen LogP contribution in [0.2, 0.25) is 0 Å². The Morgan fingerprint density at radius 2 is 1.92 bits per heavy atom. The van der Waals surface area contributed by atoms with Crippen LogP contribution in [-0.2, 0) is 6.42 Å². The predicted molar refractivity (Wildman–Crippen MR) is 107 cm³/mol. The van der Waals surface area contributed by atoms with Crippen molar-refractivity contribution in [1.29, 1.82) is 0 Å². The van der Waals surface area contributed by atoms with Gasteiger partial charge < -0.3 is 9.64 Å². The van der Waals surface area contributed by atoms with E-state index in [9.17, 15) is 0 Å². The molecule has 5 nitrogen and oxygen atoms in total. The van der Waals surface area contributed by atoms with Gasteiger partial charge in [0.15, 0.2) is 0 Å². The Morgan fingerprint density at radius 3 is 2.62 bits per heavy atom. The summed E-state index contributed by atoms with van der Waals surface area (Å²) in [4.78, 5) is 15.8. The SMILES string of the molecule is COc1cnccc1-c1ccc2nc(CCC(C)C)nc(N(C)C)c2c1. The standard InChI is InChI=1S/C21H26N4O/c1-14(2)6-9-20-23-18-8-7-15(12-17(18)21(24-20)25(3)4)16-10-11-22-13-19(16)26-5/h7-8,10-14H,6,9H2,1-5H3. The summed E-state index contributed by atoms with van der Waals surface area (Å²) in [5.74, 6) is 3.25. The third-order valence-electron chi connectivity index (χ3n) is 4.41. The van der Waals surface area contributed by atoms with Gasteiger partial charge in [-0.25, -0.2) is 9.97 Å². The largest absolute Gasteiger partial charge is 0.494 e. The Labute approximate surface area is 155 Å². The molecule has 0 unspecified atom stereocenters. The zero-order chi connectivity index (χ0) is 18.7. The Balaban J connectivity index is 2.11. The third kappa shape index (κ3) is 3.77. The third-order valence-corrected chi connectivity index (χ3v) is 4.41. The number of benzene rings is 1. The van der Waals surface area contributed by atoms with Crippen molar-refractivity contribution in [1.82, 2.24) is 15.0 Å². The molecule has 0 saturated carbocycles. The van der Waals surface area contributed by atoms with E-state index in [2.05, 4.69) is 41.9 Å². The molecule has 0 aliphatic carbocycles. The van der Waals surface area contributed by atoms with Crippen LogP contribution in [0.5, 0.6) is 5.75 Å². The van der Waals surface area contributed by atoms with Gasteiger partial charge >= 0.3 is 0 Å². The molecule has 0 amide bonds. The summed E-state index contributed by atoms with van der Waals surface area (Å²) < 4.78 is 5.46. The fourth-order valence-electron chi connectivity index (χ4n) is 2.98. The number of methoxy groups -OCH3 is 1. The monoisotopic (exact) mass is 350 g/mol. The first-order valence-electron chi connectivity index (χ1n) is 8.96. The van der Waals surface area contributed by atoms with Gasteiger partial charge in [0.25, 0.3) is 0 Å². The van der Waals surface area contributed by atoms with Crippen molar-refractivity contribution < 1.29 is 4.74 Å². The van der Waals surface area contributed by atoms with Crippen molar-refractivity contribution in [3.63, 3.8) is 0 Å². The van der Waals surface area contributed by atoms with E-state index in [1.807, 2.05) is 20.2 Å². The molecule has 0 spiro atoms. The molecule has 26 heavy (non-hydrogen) atoms. The van der Waals surface area contributed by atoms with Crippen molar-refractivity contribution in [2.45, 2.75) is 26.7 Å². The topological polar surface area (TPSA) is 51.1 Å². The van der Waals surface area contributed by atoms with Crippen molar-refractivity contribution in [3.8, 4) is 16.9 Å². The van der Waals surface area contributed by atoms with E-state index in [1.54, 1.807) is 19.5 Å². The second kappa shape index (κ2) is 7.68. The van der Waals surface area contributed by atoms with E-state index in [-0.39, 0.29) is 0 Å². The maximum Gasteiger partial charge on any atom is 0.144 e. The van der Waals surface area contributed by atoms with Gasteiger partial charge in [0.05, 0.1) is 18.8 Å². The minimum Gasteiger partial charge on any atom is -0.494 e. The van der Waals surface area contributed by atoms with Gasteiger partial charge in [-0.05, 0) is 36.1 Å². The number of fused-ring (bicyclic) bond motifs is 1. The van der Waals surface area contributed by atoms with Gasteiger partial charge in [0.1, 0.15) is 17.4 Å². The lowest BCUT2D eigenvalue weighted by molar-refractivity contribution is 0.414. The van der Waals surface area contributed by atoms with Gasteiger partial charge in [-0.3, -0.25) is 4.98 Å². The van der Waals surface area contributed by atoms with Crippen LogP contribution in [0, 0.1) is 5.92 Å². The molecule has 0 aliphatic rings. The van der Waals surface area contributed by atoms with E-state index in [0.29, 0.717) is 5.92 Å². The van der Waals surface area contributed by atoms with Crippen LogP contribution in [0.1, 0.15) is 26.1 Å². The number of pyridine rings is 1. The predicted octanol–water partition coefficient (Wildman–Crippen LogP) is 4.36. The molecular formula is C21H26N4O. The highest BCUT2D eigenvalue weighted by Gasteiger charge is 2.13. The van der Waals surface area contributed by atoms with Crippen molar-refractivity contribution in [2.75, 3.05) is 26.1 Å². The summed E-state index contributed by atoms with van der Waals surface area (Å²) >= 11 is 0. The van der Waals surface area contributed by atoms with Crippen molar-refractivity contribution in [3.05, 3.63) is 42.5 Å². The number of nitrogens with zero attached hydrogens (tertiary/aromatic N) is 4. The van der Waals surface area contributed by atoms with Crippen LogP contribution < -0.4 is 9.64 Å². The van der Waals surface area contributed by atoms with Crippen LogP contribution >= 0.6 is 0 Å². The van der Waals surface area contributed by atoms with Crippen LogP contribution in [0.25, 0.3) is 22.0 Å². The van der Waals surface area contributed by atoms with Crippen molar-refractivity contribution >= 4 is 16.7 Å². The number of ether oxygens (including phenoxy) is 1. The fourth-order valence-corrected chi connectivity index (χ4v) is 2.98. The highest BCUT2D eigenvalue weighted by molar-refractivity contribution is 5.93. The number of hydrogen-bond donors (Lipinski definition) is 0. The summed E-state index contributed by atoms with van der Waals surface area (Å²) in [5, 5.41) is 1.04. The van der Waals surface area contributed by atoms with E-state index >= 15 is 0 Å². The van der Waals surface area contributed by atoms with E-state index in [4.69, 9.17) is 14.7 Å². The molecule has 0 radical (unpaired) electrons. The summed E-state index contributed by atoms with van der Waals surface area (Å²) in [6, 6.07) is 8.25. The Morgan fingerprint density at radius 1 is 1.12 bits per heavy atom. The number of aryl methyl sites for hydroxylation is 1. The van der Waals surface area contributed by atoms with Crippen molar-refractivity contribution in [2.24, 2.45) is 5.92 Å². The molecule has 136 valence electrons.